The van der Waals surface area contributed by atoms with Gasteiger partial charge in [-0.15, -0.1) is 11.3 Å². The number of aliphatic imine (C=N–C) groups is 1. The van der Waals surface area contributed by atoms with Gasteiger partial charge in [-0.1, -0.05) is 13.0 Å². The highest BCUT2D eigenvalue weighted by Crippen LogP contribution is 2.13. The van der Waals surface area contributed by atoms with Crippen molar-refractivity contribution in [3.8, 4) is 0 Å². The molecule has 2 aromatic heterocycles. The fourth-order valence-electron chi connectivity index (χ4n) is 2.01. The maximum absolute atomic E-state index is 4.42. The molecule has 0 fully saturated rings. The number of thiazole rings is 1. The highest BCUT2D eigenvalue weighted by Gasteiger charge is 2.03. The Balaban J connectivity index is 1.77. The summed E-state index contributed by atoms with van der Waals surface area (Å²) in [5.74, 6) is 0.789. The van der Waals surface area contributed by atoms with Crippen LogP contribution in [-0.4, -0.2) is 29.5 Å². The van der Waals surface area contributed by atoms with Gasteiger partial charge in [0.1, 0.15) is 0 Å². The molecule has 0 radical (unpaired) electrons. The molecule has 0 aliphatic rings. The van der Waals surface area contributed by atoms with Gasteiger partial charge in [0.2, 0.25) is 0 Å². The molecule has 0 amide bonds. The van der Waals surface area contributed by atoms with Gasteiger partial charge in [0.05, 0.1) is 17.2 Å². The molecule has 0 bridgehead atoms. The zero-order chi connectivity index (χ0) is 15.8. The molecule has 2 heterocycles. The van der Waals surface area contributed by atoms with Gasteiger partial charge >= 0.3 is 0 Å². The summed E-state index contributed by atoms with van der Waals surface area (Å²) in [4.78, 5) is 14.4. The van der Waals surface area contributed by atoms with Crippen LogP contribution in [-0.2, 0) is 19.4 Å². The summed E-state index contributed by atoms with van der Waals surface area (Å²) >= 11 is 1.78. The van der Waals surface area contributed by atoms with Crippen LogP contribution in [0.1, 0.15) is 28.1 Å². The second-order valence-corrected chi connectivity index (χ2v) is 6.14. The van der Waals surface area contributed by atoms with E-state index in [0.717, 1.165) is 31.0 Å². The van der Waals surface area contributed by atoms with Crippen LogP contribution in [0.25, 0.3) is 0 Å². The molecule has 2 N–H and O–H groups in total. The fraction of sp³-hybridized carbons (Fsp3) is 0.438. The van der Waals surface area contributed by atoms with Crippen LogP contribution in [0.4, 0.5) is 0 Å². The van der Waals surface area contributed by atoms with E-state index in [-0.39, 0.29) is 0 Å². The van der Waals surface area contributed by atoms with E-state index >= 15 is 0 Å². The number of hydrogen-bond donors (Lipinski definition) is 2. The van der Waals surface area contributed by atoms with E-state index in [1.54, 1.807) is 18.4 Å². The summed E-state index contributed by atoms with van der Waals surface area (Å²) in [5, 5.41) is 7.77. The Labute approximate surface area is 135 Å². The van der Waals surface area contributed by atoms with E-state index in [1.807, 2.05) is 18.5 Å². The predicted molar refractivity (Wildman–Crippen MR) is 92.4 cm³/mol. The number of nitrogens with zero attached hydrogens (tertiary/aromatic N) is 3. The number of aromatic nitrogens is 2. The van der Waals surface area contributed by atoms with Crippen LogP contribution in [0.2, 0.25) is 0 Å². The molecule has 5 nitrogen and oxygen atoms in total. The van der Waals surface area contributed by atoms with Gasteiger partial charge in [0.15, 0.2) is 5.96 Å². The van der Waals surface area contributed by atoms with Crippen molar-refractivity contribution in [1.82, 2.24) is 20.6 Å². The summed E-state index contributed by atoms with van der Waals surface area (Å²) in [6.07, 6.45) is 5.75. The Morgan fingerprint density at radius 1 is 1.32 bits per heavy atom. The van der Waals surface area contributed by atoms with E-state index in [9.17, 15) is 0 Å². The molecule has 0 spiro atoms. The molecule has 118 valence electrons. The lowest BCUT2D eigenvalue weighted by atomic mass is 10.2. The van der Waals surface area contributed by atoms with Crippen LogP contribution in [0.15, 0.2) is 29.5 Å². The first-order valence-corrected chi connectivity index (χ1v) is 8.33. The van der Waals surface area contributed by atoms with Crippen molar-refractivity contribution in [3.63, 3.8) is 0 Å². The van der Waals surface area contributed by atoms with E-state index in [0.29, 0.717) is 6.54 Å². The Kier molecular flexibility index (Phi) is 6.33. The lowest BCUT2D eigenvalue weighted by molar-refractivity contribution is 0.778. The SMILES string of the molecule is CCc1cnc(CCNC(=NC)NCc2ncccc2C)s1. The molecular formula is C16H23N5S. The maximum atomic E-state index is 4.42. The van der Waals surface area contributed by atoms with E-state index in [1.165, 1.54) is 15.4 Å². The normalized spacial score (nSPS) is 11.5. The van der Waals surface area contributed by atoms with E-state index in [4.69, 9.17) is 0 Å². The highest BCUT2D eigenvalue weighted by molar-refractivity contribution is 7.11. The van der Waals surface area contributed by atoms with Crippen LogP contribution >= 0.6 is 11.3 Å². The minimum atomic E-state index is 0.670. The van der Waals surface area contributed by atoms with Crippen molar-refractivity contribution in [2.45, 2.75) is 33.2 Å². The highest BCUT2D eigenvalue weighted by atomic mass is 32.1. The minimum Gasteiger partial charge on any atom is -0.356 e. The van der Waals surface area contributed by atoms with Gasteiger partial charge in [-0.2, -0.15) is 0 Å². The molecule has 2 aromatic rings. The lowest BCUT2D eigenvalue weighted by Gasteiger charge is -2.12. The summed E-state index contributed by atoms with van der Waals surface area (Å²) in [7, 11) is 1.78. The van der Waals surface area contributed by atoms with Crippen LogP contribution in [0.5, 0.6) is 0 Å². The average molecular weight is 317 g/mol. The molecule has 0 atom stereocenters. The number of pyridine rings is 1. The number of rotatable bonds is 6. The number of aryl methyl sites for hydroxylation is 2. The van der Waals surface area contributed by atoms with Gasteiger partial charge in [0, 0.05) is 37.3 Å². The van der Waals surface area contributed by atoms with Gasteiger partial charge in [-0.3, -0.25) is 9.98 Å². The Morgan fingerprint density at radius 2 is 2.18 bits per heavy atom. The van der Waals surface area contributed by atoms with Crippen molar-refractivity contribution in [1.29, 1.82) is 0 Å². The van der Waals surface area contributed by atoms with Crippen LogP contribution in [0.3, 0.4) is 0 Å². The van der Waals surface area contributed by atoms with Gasteiger partial charge in [-0.25, -0.2) is 4.98 Å². The average Bonchev–Trinajstić information content (AvgIpc) is 3.00. The topological polar surface area (TPSA) is 62.2 Å². The molecule has 0 aromatic carbocycles. The Bertz CT molecular complexity index is 621. The zero-order valence-electron chi connectivity index (χ0n) is 13.4. The Hall–Kier alpha value is -1.95. The van der Waals surface area contributed by atoms with Crippen LogP contribution in [0, 0.1) is 6.92 Å². The smallest absolute Gasteiger partial charge is 0.191 e. The molecule has 6 heteroatoms. The number of guanidine groups is 1. The quantitative estimate of drug-likeness (QED) is 0.634. The standard InChI is InChI=1S/C16H23N5S/c1-4-13-10-20-15(22-13)7-9-19-16(17-3)21-11-14-12(2)6-5-8-18-14/h5-6,8,10H,4,7,9,11H2,1-3H3,(H2,17,19,21). The summed E-state index contributed by atoms with van der Waals surface area (Å²) in [6.45, 7) is 5.70. The second-order valence-electron chi connectivity index (χ2n) is 4.94. The molecule has 0 aliphatic carbocycles. The molecule has 0 saturated heterocycles. The van der Waals surface area contributed by atoms with Gasteiger partial charge in [-0.05, 0) is 25.0 Å². The first kappa shape index (κ1) is 16.4. The molecule has 2 rings (SSSR count). The third-order valence-corrected chi connectivity index (χ3v) is 4.55. The van der Waals surface area contributed by atoms with Crippen LogP contribution < -0.4 is 10.6 Å². The molecule has 0 unspecified atom stereocenters. The van der Waals surface area contributed by atoms with Crippen molar-refractivity contribution in [3.05, 3.63) is 45.7 Å². The molecule has 22 heavy (non-hydrogen) atoms. The monoisotopic (exact) mass is 317 g/mol. The first-order valence-electron chi connectivity index (χ1n) is 7.51. The predicted octanol–water partition coefficient (Wildman–Crippen LogP) is 2.32. The third-order valence-electron chi connectivity index (χ3n) is 3.35. The van der Waals surface area contributed by atoms with E-state index in [2.05, 4.69) is 45.5 Å². The molecular weight excluding hydrogens is 294 g/mol. The second kappa shape index (κ2) is 8.48. The fourth-order valence-corrected chi connectivity index (χ4v) is 2.87. The summed E-state index contributed by atoms with van der Waals surface area (Å²) in [5.41, 5.74) is 2.22. The zero-order valence-corrected chi connectivity index (χ0v) is 14.2. The van der Waals surface area contributed by atoms with Gasteiger partial charge < -0.3 is 10.6 Å². The van der Waals surface area contributed by atoms with Crippen molar-refractivity contribution in [2.24, 2.45) is 4.99 Å². The lowest BCUT2D eigenvalue weighted by Crippen LogP contribution is -2.38. The van der Waals surface area contributed by atoms with E-state index < -0.39 is 0 Å². The van der Waals surface area contributed by atoms with Crippen molar-refractivity contribution >= 4 is 17.3 Å². The molecule has 0 aliphatic heterocycles. The largest absolute Gasteiger partial charge is 0.356 e. The number of hydrogen-bond acceptors (Lipinski definition) is 4. The van der Waals surface area contributed by atoms with Crippen molar-refractivity contribution in [2.75, 3.05) is 13.6 Å². The summed E-state index contributed by atoms with van der Waals surface area (Å²) < 4.78 is 0. The van der Waals surface area contributed by atoms with Gasteiger partial charge in [0.25, 0.3) is 0 Å². The molecule has 0 saturated carbocycles. The third kappa shape index (κ3) is 4.80. The first-order chi connectivity index (χ1) is 10.7. The number of nitrogens with one attached hydrogen (secondary N) is 2. The Morgan fingerprint density at radius 3 is 2.86 bits per heavy atom. The van der Waals surface area contributed by atoms with Crippen molar-refractivity contribution < 1.29 is 0 Å². The minimum absolute atomic E-state index is 0.670. The maximum Gasteiger partial charge on any atom is 0.191 e. The summed E-state index contributed by atoms with van der Waals surface area (Å²) in [6, 6.07) is 4.01.